The number of aryl methyl sites for hydroxylation is 1. The molecule has 6 heteroatoms. The lowest BCUT2D eigenvalue weighted by Gasteiger charge is -2.11. The SMILES string of the molecule is COc1cc(/C=C\C#N)ccc1OC(=O)COc1ccc(C)cc1Br. The van der Waals surface area contributed by atoms with Gasteiger partial charge in [-0.25, -0.2) is 4.79 Å². The molecular weight excluding hydrogens is 386 g/mol. The zero-order chi connectivity index (χ0) is 18.2. The first kappa shape index (κ1) is 18.6. The number of nitriles is 1. The first-order valence-corrected chi connectivity index (χ1v) is 8.16. The molecule has 0 amide bonds. The fourth-order valence-corrected chi connectivity index (χ4v) is 2.63. The summed E-state index contributed by atoms with van der Waals surface area (Å²) in [6, 6.07) is 12.5. The molecule has 0 unspecified atom stereocenters. The van der Waals surface area contributed by atoms with E-state index in [1.807, 2.05) is 25.1 Å². The number of esters is 1. The van der Waals surface area contributed by atoms with E-state index in [-0.39, 0.29) is 12.4 Å². The molecule has 0 aliphatic rings. The summed E-state index contributed by atoms with van der Waals surface area (Å²) < 4.78 is 16.7. The molecule has 0 atom stereocenters. The standard InChI is InChI=1S/C19H16BrNO4/c1-13-5-7-16(15(20)10-13)24-12-19(22)25-17-8-6-14(4-3-9-21)11-18(17)23-2/h3-8,10-11H,12H2,1-2H3/b4-3-. The molecule has 0 N–H and O–H groups in total. The van der Waals surface area contributed by atoms with Crippen molar-refractivity contribution in [3.8, 4) is 23.3 Å². The Hall–Kier alpha value is -2.78. The quantitative estimate of drug-likeness (QED) is 0.410. The third-order valence-corrected chi connectivity index (χ3v) is 3.81. The van der Waals surface area contributed by atoms with E-state index in [0.29, 0.717) is 11.5 Å². The largest absolute Gasteiger partial charge is 0.493 e. The summed E-state index contributed by atoms with van der Waals surface area (Å²) in [6.45, 7) is 1.73. The van der Waals surface area contributed by atoms with E-state index in [4.69, 9.17) is 19.5 Å². The summed E-state index contributed by atoms with van der Waals surface area (Å²) in [5, 5.41) is 8.56. The summed E-state index contributed by atoms with van der Waals surface area (Å²) >= 11 is 3.39. The molecule has 128 valence electrons. The first-order valence-electron chi connectivity index (χ1n) is 7.37. The highest BCUT2D eigenvalue weighted by atomic mass is 79.9. The summed E-state index contributed by atoms with van der Waals surface area (Å²) in [5.41, 5.74) is 1.84. The van der Waals surface area contributed by atoms with Crippen molar-refractivity contribution in [2.75, 3.05) is 13.7 Å². The van der Waals surface area contributed by atoms with Crippen LogP contribution < -0.4 is 14.2 Å². The van der Waals surface area contributed by atoms with Gasteiger partial charge in [-0.15, -0.1) is 0 Å². The molecule has 5 nitrogen and oxygen atoms in total. The second kappa shape index (κ2) is 8.90. The highest BCUT2D eigenvalue weighted by molar-refractivity contribution is 9.10. The predicted molar refractivity (Wildman–Crippen MR) is 97.7 cm³/mol. The van der Waals surface area contributed by atoms with Gasteiger partial charge in [-0.2, -0.15) is 5.26 Å². The van der Waals surface area contributed by atoms with Gasteiger partial charge in [-0.1, -0.05) is 12.1 Å². The number of rotatable bonds is 6. The summed E-state index contributed by atoms with van der Waals surface area (Å²) in [7, 11) is 1.48. The van der Waals surface area contributed by atoms with E-state index < -0.39 is 5.97 Å². The van der Waals surface area contributed by atoms with E-state index >= 15 is 0 Å². The van der Waals surface area contributed by atoms with Crippen LogP contribution in [0.3, 0.4) is 0 Å². The molecule has 0 heterocycles. The number of ether oxygens (including phenoxy) is 3. The Balaban J connectivity index is 2.02. The zero-order valence-electron chi connectivity index (χ0n) is 13.8. The van der Waals surface area contributed by atoms with Gasteiger partial charge < -0.3 is 14.2 Å². The summed E-state index contributed by atoms with van der Waals surface area (Å²) in [5.74, 6) is 0.690. The third-order valence-electron chi connectivity index (χ3n) is 3.19. The summed E-state index contributed by atoms with van der Waals surface area (Å²) in [4.78, 5) is 12.0. The number of carbonyl (C=O) groups excluding carboxylic acids is 1. The maximum atomic E-state index is 12.0. The summed E-state index contributed by atoms with van der Waals surface area (Å²) in [6.07, 6.45) is 2.99. The average molecular weight is 402 g/mol. The number of benzene rings is 2. The molecule has 2 rings (SSSR count). The van der Waals surface area contributed by atoms with E-state index in [9.17, 15) is 4.79 Å². The second-order valence-corrected chi connectivity index (χ2v) is 5.92. The molecule has 25 heavy (non-hydrogen) atoms. The van der Waals surface area contributed by atoms with Gasteiger partial charge in [0.15, 0.2) is 18.1 Å². The lowest BCUT2D eigenvalue weighted by Crippen LogP contribution is -2.18. The van der Waals surface area contributed by atoms with Crippen LogP contribution >= 0.6 is 15.9 Å². The molecule has 0 saturated heterocycles. The smallest absolute Gasteiger partial charge is 0.349 e. The van der Waals surface area contributed by atoms with Crippen LogP contribution in [0.1, 0.15) is 11.1 Å². The van der Waals surface area contributed by atoms with Crippen molar-refractivity contribution in [1.82, 2.24) is 0 Å². The van der Waals surface area contributed by atoms with Gasteiger partial charge in [-0.05, 0) is 64.3 Å². The van der Waals surface area contributed by atoms with Crippen molar-refractivity contribution < 1.29 is 19.0 Å². The molecule has 0 radical (unpaired) electrons. The van der Waals surface area contributed by atoms with Crippen molar-refractivity contribution in [3.63, 3.8) is 0 Å². The van der Waals surface area contributed by atoms with Crippen LogP contribution in [0.5, 0.6) is 17.2 Å². The minimum absolute atomic E-state index is 0.235. The van der Waals surface area contributed by atoms with Crippen molar-refractivity contribution in [3.05, 3.63) is 58.1 Å². The minimum Gasteiger partial charge on any atom is -0.493 e. The number of carbonyl (C=O) groups is 1. The predicted octanol–water partition coefficient (Wildman–Crippen LogP) is 4.29. The third kappa shape index (κ3) is 5.37. The van der Waals surface area contributed by atoms with Gasteiger partial charge >= 0.3 is 5.97 Å². The molecule has 0 aliphatic carbocycles. The Labute approximate surface area is 154 Å². The maximum Gasteiger partial charge on any atom is 0.349 e. The minimum atomic E-state index is -0.550. The van der Waals surface area contributed by atoms with Gasteiger partial charge in [0.2, 0.25) is 0 Å². The molecule has 0 saturated carbocycles. The molecular formula is C19H16BrNO4. The Morgan fingerprint density at radius 3 is 2.64 bits per heavy atom. The van der Waals surface area contributed by atoms with Crippen LogP contribution in [0.25, 0.3) is 6.08 Å². The van der Waals surface area contributed by atoms with Crippen molar-refractivity contribution in [2.45, 2.75) is 6.92 Å². The van der Waals surface area contributed by atoms with Crippen LogP contribution in [0.4, 0.5) is 0 Å². The molecule has 0 spiro atoms. The first-order chi connectivity index (χ1) is 12.0. The Morgan fingerprint density at radius 1 is 1.20 bits per heavy atom. The Bertz CT molecular complexity index is 840. The van der Waals surface area contributed by atoms with Crippen LogP contribution in [-0.4, -0.2) is 19.7 Å². The fraction of sp³-hybridized carbons (Fsp3) is 0.158. The highest BCUT2D eigenvalue weighted by Crippen LogP contribution is 2.29. The lowest BCUT2D eigenvalue weighted by atomic mass is 10.2. The Morgan fingerprint density at radius 2 is 1.96 bits per heavy atom. The molecule has 0 aliphatic heterocycles. The highest BCUT2D eigenvalue weighted by Gasteiger charge is 2.12. The number of nitrogens with zero attached hydrogens (tertiary/aromatic N) is 1. The van der Waals surface area contributed by atoms with E-state index in [2.05, 4.69) is 15.9 Å². The number of methoxy groups -OCH3 is 1. The van der Waals surface area contributed by atoms with Crippen LogP contribution in [0.2, 0.25) is 0 Å². The second-order valence-electron chi connectivity index (χ2n) is 5.07. The van der Waals surface area contributed by atoms with Crippen molar-refractivity contribution in [2.24, 2.45) is 0 Å². The lowest BCUT2D eigenvalue weighted by molar-refractivity contribution is -0.136. The number of halogens is 1. The van der Waals surface area contributed by atoms with E-state index in [1.54, 1.807) is 30.3 Å². The van der Waals surface area contributed by atoms with Crippen LogP contribution in [-0.2, 0) is 4.79 Å². The topological polar surface area (TPSA) is 68.5 Å². The zero-order valence-corrected chi connectivity index (χ0v) is 15.4. The molecule has 0 aromatic heterocycles. The monoisotopic (exact) mass is 401 g/mol. The van der Waals surface area contributed by atoms with Crippen LogP contribution in [0, 0.1) is 18.3 Å². The number of hydrogen-bond donors (Lipinski definition) is 0. The van der Waals surface area contributed by atoms with Crippen LogP contribution in [0.15, 0.2) is 46.9 Å². The normalized spacial score (nSPS) is 10.3. The number of hydrogen-bond acceptors (Lipinski definition) is 5. The average Bonchev–Trinajstić information content (AvgIpc) is 2.60. The maximum absolute atomic E-state index is 12.0. The van der Waals surface area contributed by atoms with Gasteiger partial charge in [0, 0.05) is 6.08 Å². The van der Waals surface area contributed by atoms with Gasteiger partial charge in [0.05, 0.1) is 17.7 Å². The van der Waals surface area contributed by atoms with Gasteiger partial charge in [0.25, 0.3) is 0 Å². The number of allylic oxidation sites excluding steroid dienone is 1. The van der Waals surface area contributed by atoms with Crippen molar-refractivity contribution >= 4 is 28.0 Å². The molecule has 0 bridgehead atoms. The van der Waals surface area contributed by atoms with Gasteiger partial charge in [-0.3, -0.25) is 0 Å². The van der Waals surface area contributed by atoms with E-state index in [1.165, 1.54) is 13.2 Å². The van der Waals surface area contributed by atoms with Gasteiger partial charge in [0.1, 0.15) is 5.75 Å². The van der Waals surface area contributed by atoms with Crippen molar-refractivity contribution in [1.29, 1.82) is 5.26 Å². The molecule has 2 aromatic rings. The fourth-order valence-electron chi connectivity index (χ4n) is 2.02. The molecule has 0 fully saturated rings. The molecule has 2 aromatic carbocycles. The van der Waals surface area contributed by atoms with E-state index in [0.717, 1.165) is 15.6 Å². The Kier molecular flexibility index (Phi) is 6.61.